The first-order chi connectivity index (χ1) is 9.77. The van der Waals surface area contributed by atoms with Crippen molar-refractivity contribution in [3.8, 4) is 5.69 Å². The second kappa shape index (κ2) is 5.40. The van der Waals surface area contributed by atoms with Crippen molar-refractivity contribution in [3.05, 3.63) is 36.2 Å². The summed E-state index contributed by atoms with van der Waals surface area (Å²) >= 11 is 0. The van der Waals surface area contributed by atoms with Crippen molar-refractivity contribution in [3.63, 3.8) is 0 Å². The number of tetrazole rings is 1. The topological polar surface area (TPSA) is 63.9 Å². The van der Waals surface area contributed by atoms with E-state index in [2.05, 4.69) is 15.5 Å². The lowest BCUT2D eigenvalue weighted by Gasteiger charge is -2.25. The van der Waals surface area contributed by atoms with Gasteiger partial charge in [0.05, 0.1) is 11.3 Å². The number of nitrogens with zero attached hydrogens (tertiary/aromatic N) is 5. The molecule has 1 heterocycles. The zero-order valence-electron chi connectivity index (χ0n) is 11.4. The van der Waals surface area contributed by atoms with E-state index in [1.54, 1.807) is 0 Å². The highest BCUT2D eigenvalue weighted by Gasteiger charge is 2.25. The van der Waals surface area contributed by atoms with Gasteiger partial charge in [-0.1, -0.05) is 25.0 Å². The summed E-state index contributed by atoms with van der Waals surface area (Å²) < 4.78 is 1.52. The molecule has 1 aromatic carbocycles. The highest BCUT2D eigenvalue weighted by Crippen LogP contribution is 2.25. The fourth-order valence-electron chi connectivity index (χ4n) is 2.77. The zero-order chi connectivity index (χ0) is 13.9. The van der Waals surface area contributed by atoms with Crippen LogP contribution in [0.2, 0.25) is 0 Å². The fraction of sp³-hybridized carbons (Fsp3) is 0.429. The molecule has 1 aliphatic rings. The van der Waals surface area contributed by atoms with E-state index in [1.807, 2.05) is 36.2 Å². The second-order valence-electron chi connectivity index (χ2n) is 5.13. The van der Waals surface area contributed by atoms with E-state index in [1.165, 1.54) is 23.9 Å². The van der Waals surface area contributed by atoms with E-state index < -0.39 is 0 Å². The minimum atomic E-state index is 0.0306. The van der Waals surface area contributed by atoms with E-state index in [0.717, 1.165) is 12.8 Å². The summed E-state index contributed by atoms with van der Waals surface area (Å²) in [7, 11) is 1.88. The van der Waals surface area contributed by atoms with Crippen LogP contribution in [-0.2, 0) is 0 Å². The Labute approximate surface area is 117 Å². The van der Waals surface area contributed by atoms with E-state index >= 15 is 0 Å². The van der Waals surface area contributed by atoms with Crippen LogP contribution < -0.4 is 0 Å². The molecule has 104 valence electrons. The molecule has 0 bridgehead atoms. The second-order valence-corrected chi connectivity index (χ2v) is 5.13. The van der Waals surface area contributed by atoms with Gasteiger partial charge in [-0.05, 0) is 35.4 Å². The largest absolute Gasteiger partial charge is 0.339 e. The highest BCUT2D eigenvalue weighted by atomic mass is 16.2. The summed E-state index contributed by atoms with van der Waals surface area (Å²) in [6.07, 6.45) is 6.10. The van der Waals surface area contributed by atoms with E-state index in [9.17, 15) is 4.79 Å². The summed E-state index contributed by atoms with van der Waals surface area (Å²) in [6, 6.07) is 7.77. The SMILES string of the molecule is CN(C(=O)c1ccccc1-n1cnnn1)C1CCCC1. The maximum absolute atomic E-state index is 12.7. The quantitative estimate of drug-likeness (QED) is 0.852. The number of carbonyl (C=O) groups is 1. The molecule has 0 aliphatic heterocycles. The minimum Gasteiger partial charge on any atom is -0.339 e. The molecule has 6 heteroatoms. The number of aromatic nitrogens is 4. The zero-order valence-corrected chi connectivity index (χ0v) is 11.4. The first kappa shape index (κ1) is 12.8. The first-order valence-corrected chi connectivity index (χ1v) is 6.87. The van der Waals surface area contributed by atoms with Crippen molar-refractivity contribution >= 4 is 5.91 Å². The van der Waals surface area contributed by atoms with Crippen LogP contribution in [0.3, 0.4) is 0 Å². The van der Waals surface area contributed by atoms with E-state index in [0.29, 0.717) is 17.3 Å². The third kappa shape index (κ3) is 2.29. The van der Waals surface area contributed by atoms with Crippen molar-refractivity contribution in [2.24, 2.45) is 0 Å². The Hall–Kier alpha value is -2.24. The average Bonchev–Trinajstić information content (AvgIpc) is 3.18. The molecule has 1 fully saturated rings. The van der Waals surface area contributed by atoms with Crippen LogP contribution in [0.4, 0.5) is 0 Å². The minimum absolute atomic E-state index is 0.0306. The Bertz CT molecular complexity index is 589. The lowest BCUT2D eigenvalue weighted by atomic mass is 10.1. The molecule has 20 heavy (non-hydrogen) atoms. The van der Waals surface area contributed by atoms with Crippen molar-refractivity contribution in [2.45, 2.75) is 31.7 Å². The molecular formula is C14H17N5O. The Balaban J connectivity index is 1.91. The third-order valence-electron chi connectivity index (χ3n) is 3.92. The molecule has 0 N–H and O–H groups in total. The Kier molecular flexibility index (Phi) is 3.45. The van der Waals surface area contributed by atoms with Gasteiger partial charge in [-0.25, -0.2) is 0 Å². The maximum Gasteiger partial charge on any atom is 0.256 e. The molecule has 1 aromatic heterocycles. The van der Waals surface area contributed by atoms with E-state index in [4.69, 9.17) is 0 Å². The number of para-hydroxylation sites is 1. The van der Waals surface area contributed by atoms with Gasteiger partial charge in [0.25, 0.3) is 5.91 Å². The highest BCUT2D eigenvalue weighted by molar-refractivity contribution is 5.97. The molecule has 0 radical (unpaired) electrons. The monoisotopic (exact) mass is 271 g/mol. The average molecular weight is 271 g/mol. The fourth-order valence-corrected chi connectivity index (χ4v) is 2.77. The van der Waals surface area contributed by atoms with Gasteiger partial charge in [-0.2, -0.15) is 4.68 Å². The van der Waals surface area contributed by atoms with E-state index in [-0.39, 0.29) is 5.91 Å². The number of carbonyl (C=O) groups excluding carboxylic acids is 1. The molecule has 0 atom stereocenters. The molecular weight excluding hydrogens is 254 g/mol. The lowest BCUT2D eigenvalue weighted by Crippen LogP contribution is -2.35. The molecule has 0 spiro atoms. The van der Waals surface area contributed by atoms with Crippen LogP contribution in [-0.4, -0.2) is 44.1 Å². The van der Waals surface area contributed by atoms with Crippen molar-refractivity contribution < 1.29 is 4.79 Å². The summed E-state index contributed by atoms with van der Waals surface area (Å²) in [4.78, 5) is 14.5. The molecule has 6 nitrogen and oxygen atoms in total. The molecule has 3 rings (SSSR count). The maximum atomic E-state index is 12.7. The van der Waals surface area contributed by atoms with Gasteiger partial charge in [0.15, 0.2) is 0 Å². The van der Waals surface area contributed by atoms with Crippen LogP contribution in [0.5, 0.6) is 0 Å². The predicted octanol–water partition coefficient (Wildman–Crippen LogP) is 1.68. The molecule has 0 saturated heterocycles. The van der Waals surface area contributed by atoms with Gasteiger partial charge in [0.2, 0.25) is 0 Å². The predicted molar refractivity (Wildman–Crippen MR) is 73.5 cm³/mol. The summed E-state index contributed by atoms with van der Waals surface area (Å²) in [5, 5.41) is 11.1. The van der Waals surface area contributed by atoms with Gasteiger partial charge in [0.1, 0.15) is 6.33 Å². The van der Waals surface area contributed by atoms with Crippen LogP contribution in [0, 0.1) is 0 Å². The Morgan fingerprint density at radius 2 is 2.05 bits per heavy atom. The summed E-state index contributed by atoms with van der Waals surface area (Å²) in [5.41, 5.74) is 1.35. The van der Waals surface area contributed by atoms with Crippen LogP contribution in [0.25, 0.3) is 5.69 Å². The molecule has 1 amide bonds. The standard InChI is InChI=1S/C14H17N5O/c1-18(11-6-2-3-7-11)14(20)12-8-4-5-9-13(12)19-10-15-16-17-19/h4-5,8-11H,2-3,6-7H2,1H3. The summed E-state index contributed by atoms with van der Waals surface area (Å²) in [5.74, 6) is 0.0306. The van der Waals surface area contributed by atoms with Gasteiger partial charge in [0, 0.05) is 13.1 Å². The van der Waals surface area contributed by atoms with Crippen LogP contribution in [0.15, 0.2) is 30.6 Å². The lowest BCUT2D eigenvalue weighted by molar-refractivity contribution is 0.0735. The molecule has 1 saturated carbocycles. The van der Waals surface area contributed by atoms with Crippen molar-refractivity contribution in [1.82, 2.24) is 25.1 Å². The first-order valence-electron chi connectivity index (χ1n) is 6.87. The molecule has 2 aromatic rings. The molecule has 0 unspecified atom stereocenters. The number of hydrogen-bond donors (Lipinski definition) is 0. The Morgan fingerprint density at radius 1 is 1.30 bits per heavy atom. The van der Waals surface area contributed by atoms with Gasteiger partial charge in [-0.15, -0.1) is 5.10 Å². The van der Waals surface area contributed by atoms with Crippen LogP contribution >= 0.6 is 0 Å². The number of rotatable bonds is 3. The third-order valence-corrected chi connectivity index (χ3v) is 3.92. The Morgan fingerprint density at radius 3 is 2.75 bits per heavy atom. The summed E-state index contributed by atoms with van der Waals surface area (Å²) in [6.45, 7) is 0. The number of amides is 1. The number of benzene rings is 1. The van der Waals surface area contributed by atoms with Crippen molar-refractivity contribution in [1.29, 1.82) is 0 Å². The van der Waals surface area contributed by atoms with Crippen LogP contribution in [0.1, 0.15) is 36.0 Å². The van der Waals surface area contributed by atoms with Crippen molar-refractivity contribution in [2.75, 3.05) is 7.05 Å². The normalized spacial score (nSPS) is 15.4. The van der Waals surface area contributed by atoms with Gasteiger partial charge >= 0.3 is 0 Å². The smallest absolute Gasteiger partial charge is 0.256 e. The molecule has 1 aliphatic carbocycles. The van der Waals surface area contributed by atoms with Gasteiger partial charge in [-0.3, -0.25) is 4.79 Å². The van der Waals surface area contributed by atoms with Gasteiger partial charge < -0.3 is 4.90 Å². The number of hydrogen-bond acceptors (Lipinski definition) is 4.